The maximum Gasteiger partial charge on any atom is 0.252 e. The summed E-state index contributed by atoms with van der Waals surface area (Å²) in [5, 5.41) is 0. The van der Waals surface area contributed by atoms with E-state index in [0.717, 1.165) is 16.8 Å². The Kier molecular flexibility index (Phi) is 6.44. The standard InChI is InChI=1S/C13H10FN.C10H17F2NS/c1-2-13-7-6-11(9-15-13)10-4-3-5-12(14)8-10;1-6-4-8-7(2)13-14-9(8,3)5-10(6,11)12/h2-9H,1H2;6-8,13H,4-5H2,1-3H3. The lowest BCUT2D eigenvalue weighted by molar-refractivity contribution is -0.101. The summed E-state index contributed by atoms with van der Waals surface area (Å²) >= 11 is 1.51. The van der Waals surface area contributed by atoms with Gasteiger partial charge in [0.25, 0.3) is 5.92 Å². The first-order chi connectivity index (χ1) is 13.6. The van der Waals surface area contributed by atoms with E-state index in [-0.39, 0.29) is 17.0 Å². The van der Waals surface area contributed by atoms with Gasteiger partial charge in [-0.05, 0) is 56.0 Å². The predicted molar refractivity (Wildman–Crippen MR) is 115 cm³/mol. The van der Waals surface area contributed by atoms with E-state index in [1.165, 1.54) is 24.1 Å². The summed E-state index contributed by atoms with van der Waals surface area (Å²) in [6.07, 6.45) is 4.06. The van der Waals surface area contributed by atoms with E-state index in [1.807, 2.05) is 25.1 Å². The molecule has 4 atom stereocenters. The highest BCUT2D eigenvalue weighted by molar-refractivity contribution is 7.99. The average molecular weight is 421 g/mol. The molecule has 4 unspecified atom stereocenters. The Morgan fingerprint density at radius 3 is 2.59 bits per heavy atom. The van der Waals surface area contributed by atoms with E-state index in [9.17, 15) is 13.2 Å². The number of pyridine rings is 1. The van der Waals surface area contributed by atoms with Crippen LogP contribution in [0.15, 0.2) is 49.2 Å². The van der Waals surface area contributed by atoms with Gasteiger partial charge in [-0.2, -0.15) is 0 Å². The molecule has 1 saturated carbocycles. The average Bonchev–Trinajstić information content (AvgIpc) is 2.96. The summed E-state index contributed by atoms with van der Waals surface area (Å²) in [5.41, 5.74) is 2.55. The van der Waals surface area contributed by atoms with Crippen molar-refractivity contribution in [3.05, 3.63) is 60.7 Å². The van der Waals surface area contributed by atoms with E-state index in [1.54, 1.807) is 25.3 Å². The first-order valence-electron chi connectivity index (χ1n) is 9.80. The molecule has 0 amide bonds. The van der Waals surface area contributed by atoms with Gasteiger partial charge < -0.3 is 0 Å². The molecule has 1 aliphatic heterocycles. The summed E-state index contributed by atoms with van der Waals surface area (Å²) in [7, 11) is 0. The van der Waals surface area contributed by atoms with Crippen LogP contribution in [0.1, 0.15) is 39.3 Å². The van der Waals surface area contributed by atoms with Crippen LogP contribution in [0.25, 0.3) is 17.2 Å². The zero-order valence-electron chi connectivity index (χ0n) is 17.0. The third-order valence-electron chi connectivity index (χ3n) is 5.93. The van der Waals surface area contributed by atoms with E-state index < -0.39 is 11.8 Å². The summed E-state index contributed by atoms with van der Waals surface area (Å²) in [5.74, 6) is -2.80. The van der Waals surface area contributed by atoms with E-state index in [0.29, 0.717) is 18.4 Å². The number of alkyl halides is 2. The van der Waals surface area contributed by atoms with Crippen molar-refractivity contribution in [1.29, 1.82) is 0 Å². The number of benzene rings is 1. The van der Waals surface area contributed by atoms with Gasteiger partial charge in [0.2, 0.25) is 0 Å². The van der Waals surface area contributed by atoms with Gasteiger partial charge in [0.1, 0.15) is 5.82 Å². The molecule has 2 aliphatic rings. The van der Waals surface area contributed by atoms with Crippen LogP contribution in [0.3, 0.4) is 0 Å². The van der Waals surface area contributed by atoms with Crippen molar-refractivity contribution in [3.8, 4) is 11.1 Å². The van der Waals surface area contributed by atoms with Gasteiger partial charge in [-0.3, -0.25) is 9.71 Å². The predicted octanol–water partition coefficient (Wildman–Crippen LogP) is 6.60. The molecular weight excluding hydrogens is 393 g/mol. The van der Waals surface area contributed by atoms with Crippen molar-refractivity contribution in [1.82, 2.24) is 9.71 Å². The molecule has 2 fully saturated rings. The Morgan fingerprint density at radius 1 is 1.21 bits per heavy atom. The van der Waals surface area contributed by atoms with Crippen LogP contribution in [0.2, 0.25) is 0 Å². The minimum Gasteiger partial charge on any atom is -0.261 e. The van der Waals surface area contributed by atoms with Crippen LogP contribution in [0.4, 0.5) is 13.2 Å². The second kappa shape index (κ2) is 8.52. The highest BCUT2D eigenvalue weighted by atomic mass is 32.2. The number of nitrogens with one attached hydrogen (secondary N) is 1. The fourth-order valence-electron chi connectivity index (χ4n) is 4.10. The molecule has 156 valence electrons. The molecule has 1 aliphatic carbocycles. The Labute approximate surface area is 175 Å². The Bertz CT molecular complexity index is 855. The van der Waals surface area contributed by atoms with Crippen molar-refractivity contribution in [2.45, 2.75) is 50.3 Å². The van der Waals surface area contributed by atoms with Crippen molar-refractivity contribution >= 4 is 18.0 Å². The third-order valence-corrected chi connectivity index (χ3v) is 7.34. The highest BCUT2D eigenvalue weighted by Gasteiger charge is 2.57. The van der Waals surface area contributed by atoms with Crippen LogP contribution < -0.4 is 4.72 Å². The van der Waals surface area contributed by atoms with Gasteiger partial charge in [-0.25, -0.2) is 13.2 Å². The molecule has 1 aromatic carbocycles. The number of nitrogens with zero attached hydrogens (tertiary/aromatic N) is 1. The SMILES string of the molecule is C=Cc1ccc(-c2cccc(F)c2)cn1.CC1NSC2(C)CC(F)(F)C(C)CC12. The van der Waals surface area contributed by atoms with Crippen LogP contribution in [0.5, 0.6) is 0 Å². The molecule has 1 aromatic heterocycles. The number of hydrogen-bond donors (Lipinski definition) is 1. The molecule has 2 nitrogen and oxygen atoms in total. The zero-order chi connectivity index (χ0) is 21.2. The molecular formula is C23H27F3N2S. The maximum absolute atomic E-state index is 13.6. The summed E-state index contributed by atoms with van der Waals surface area (Å²) in [6, 6.07) is 10.6. The molecule has 29 heavy (non-hydrogen) atoms. The second-order valence-corrected chi connectivity index (χ2v) is 9.56. The van der Waals surface area contributed by atoms with Crippen LogP contribution >= 0.6 is 11.9 Å². The minimum atomic E-state index is -2.48. The van der Waals surface area contributed by atoms with Gasteiger partial charge in [0.15, 0.2) is 0 Å². The number of aromatic nitrogens is 1. The van der Waals surface area contributed by atoms with Crippen LogP contribution in [-0.2, 0) is 0 Å². The lowest BCUT2D eigenvalue weighted by atomic mass is 9.70. The maximum atomic E-state index is 13.6. The number of hydrogen-bond acceptors (Lipinski definition) is 3. The topological polar surface area (TPSA) is 24.9 Å². The van der Waals surface area contributed by atoms with Gasteiger partial charge in [0, 0.05) is 34.9 Å². The molecule has 0 bridgehead atoms. The van der Waals surface area contributed by atoms with E-state index in [2.05, 4.69) is 23.2 Å². The van der Waals surface area contributed by atoms with Crippen LogP contribution in [0, 0.1) is 17.7 Å². The molecule has 6 heteroatoms. The number of rotatable bonds is 2. The Balaban J connectivity index is 0.000000166. The fraction of sp³-hybridized carbons (Fsp3) is 0.435. The summed E-state index contributed by atoms with van der Waals surface area (Å²) in [4.78, 5) is 4.16. The van der Waals surface area contributed by atoms with Gasteiger partial charge in [0.05, 0.1) is 5.69 Å². The second-order valence-electron chi connectivity index (χ2n) is 8.19. The van der Waals surface area contributed by atoms with Crippen molar-refractivity contribution in [2.24, 2.45) is 11.8 Å². The Morgan fingerprint density at radius 2 is 1.97 bits per heavy atom. The molecule has 2 aromatic rings. The molecule has 1 N–H and O–H groups in total. The number of halogens is 3. The fourth-order valence-corrected chi connectivity index (χ4v) is 5.43. The molecule has 2 heterocycles. The smallest absolute Gasteiger partial charge is 0.252 e. The van der Waals surface area contributed by atoms with E-state index in [4.69, 9.17) is 0 Å². The monoisotopic (exact) mass is 420 g/mol. The van der Waals surface area contributed by atoms with Crippen LogP contribution in [-0.4, -0.2) is 21.7 Å². The molecule has 1 saturated heterocycles. The first-order valence-corrected chi connectivity index (χ1v) is 10.6. The van der Waals surface area contributed by atoms with E-state index >= 15 is 0 Å². The van der Waals surface area contributed by atoms with Gasteiger partial charge >= 0.3 is 0 Å². The quantitative estimate of drug-likeness (QED) is 0.554. The molecule has 4 rings (SSSR count). The van der Waals surface area contributed by atoms with Gasteiger partial charge in [-0.1, -0.05) is 43.6 Å². The minimum absolute atomic E-state index is 0.0217. The first kappa shape index (κ1) is 21.9. The third kappa shape index (κ3) is 4.86. The molecule has 0 radical (unpaired) electrons. The molecule has 0 spiro atoms. The van der Waals surface area contributed by atoms with Crippen molar-refractivity contribution < 1.29 is 13.2 Å². The van der Waals surface area contributed by atoms with Crippen molar-refractivity contribution in [2.75, 3.05) is 0 Å². The van der Waals surface area contributed by atoms with Crippen molar-refractivity contribution in [3.63, 3.8) is 0 Å². The summed E-state index contributed by atoms with van der Waals surface area (Å²) < 4.78 is 43.1. The summed E-state index contributed by atoms with van der Waals surface area (Å²) in [6.45, 7) is 9.37. The Hall–Kier alpha value is -1.79. The largest absolute Gasteiger partial charge is 0.261 e. The van der Waals surface area contributed by atoms with Gasteiger partial charge in [-0.15, -0.1) is 0 Å². The normalized spacial score (nSPS) is 30.1. The number of fused-ring (bicyclic) bond motifs is 1. The lowest BCUT2D eigenvalue weighted by Crippen LogP contribution is -2.47. The lowest BCUT2D eigenvalue weighted by Gasteiger charge is -2.43. The zero-order valence-corrected chi connectivity index (χ0v) is 17.8. The highest BCUT2D eigenvalue weighted by Crippen LogP contribution is 2.55.